The summed E-state index contributed by atoms with van der Waals surface area (Å²) in [4.78, 5) is 0. The Morgan fingerprint density at radius 3 is 0.417 bits per heavy atom. The van der Waals surface area contributed by atoms with Crippen molar-refractivity contribution in [2.45, 2.75) is 191 Å². The van der Waals surface area contributed by atoms with Gasteiger partial charge in [-0.1, -0.05) is 0 Å². The zero-order valence-electron chi connectivity index (χ0n) is 27.0. The van der Waals surface area contributed by atoms with Crippen molar-refractivity contribution < 1.29 is 0 Å². The summed E-state index contributed by atoms with van der Waals surface area (Å²) in [5, 5.41) is 13.2. The average molecular weight is 747 g/mol. The Kier molecular flexibility index (Phi) is 19.4. The second kappa shape index (κ2) is 19.3. The number of hydrogen-bond donors (Lipinski definition) is 0. The second-order valence-electron chi connectivity index (χ2n) is 16.3. The molecule has 0 radical (unpaired) electrons. The van der Waals surface area contributed by atoms with E-state index in [-0.39, 0.29) is 0 Å². The van der Waals surface area contributed by atoms with Crippen LogP contribution in [0, 0.1) is 0 Å². The minimum absolute atomic E-state index is 1.46. The van der Waals surface area contributed by atoms with Crippen LogP contribution in [0.25, 0.3) is 0 Å². The predicted molar refractivity (Wildman–Crippen MR) is 182 cm³/mol. The van der Waals surface area contributed by atoms with Gasteiger partial charge in [0, 0.05) is 0 Å². The fourth-order valence-corrected chi connectivity index (χ4v) is 29.1. The van der Waals surface area contributed by atoms with Crippen LogP contribution in [0.2, 0.25) is 88.1 Å². The summed E-state index contributed by atoms with van der Waals surface area (Å²) in [7, 11) is 0. The summed E-state index contributed by atoms with van der Waals surface area (Å²) >= 11 is -5.83. The third kappa shape index (κ3) is 21.0. The van der Waals surface area contributed by atoms with Crippen molar-refractivity contribution in [2.75, 3.05) is 0 Å². The van der Waals surface area contributed by atoms with Gasteiger partial charge in [0.25, 0.3) is 0 Å². The van der Waals surface area contributed by atoms with E-state index < -0.39 is 53.1 Å². The summed E-state index contributed by atoms with van der Waals surface area (Å²) in [6, 6.07) is 0. The van der Waals surface area contributed by atoms with Crippen molar-refractivity contribution in [2.24, 2.45) is 0 Å². The van der Waals surface area contributed by atoms with Crippen LogP contribution >= 0.6 is 0 Å². The van der Waals surface area contributed by atoms with Crippen LogP contribution in [0.5, 0.6) is 0 Å². The van der Waals surface area contributed by atoms with Gasteiger partial charge in [0.1, 0.15) is 0 Å². The van der Waals surface area contributed by atoms with E-state index in [0.29, 0.717) is 0 Å². The van der Waals surface area contributed by atoms with Gasteiger partial charge >= 0.3 is 244 Å². The average Bonchev–Trinajstić information content (AvgIpc) is 2.77. The van der Waals surface area contributed by atoms with Gasteiger partial charge in [0.15, 0.2) is 0 Å². The van der Waals surface area contributed by atoms with Gasteiger partial charge < -0.3 is 0 Å². The van der Waals surface area contributed by atoms with Crippen LogP contribution in [0.1, 0.15) is 103 Å². The van der Waals surface area contributed by atoms with Crippen molar-refractivity contribution in [3.8, 4) is 0 Å². The summed E-state index contributed by atoms with van der Waals surface area (Å²) in [6.45, 7) is 0. The van der Waals surface area contributed by atoms with E-state index in [9.17, 15) is 0 Å². The SMILES string of the molecule is [CH3][Ge]1([CH3])[CH2]CCCC[CH2][Ge]([CH3])([CH3])[CH2]CCCC[CH2][Ge]([CH3])([CH3])[CH2]CCCC[CH2][Ge]([CH3])([CH3])[CH2]CCCC[CH2]1. The molecule has 0 nitrogen and oxygen atoms in total. The first-order valence-corrected chi connectivity index (χ1v) is 45.5. The molecular formula is C32H72Ge4. The van der Waals surface area contributed by atoms with Crippen molar-refractivity contribution in [3.05, 3.63) is 0 Å². The Morgan fingerprint density at radius 2 is 0.306 bits per heavy atom. The molecule has 1 rings (SSSR count). The van der Waals surface area contributed by atoms with Gasteiger partial charge in [0.05, 0.1) is 0 Å². The van der Waals surface area contributed by atoms with Crippen molar-refractivity contribution in [3.63, 3.8) is 0 Å². The third-order valence-electron chi connectivity index (χ3n) is 9.83. The zero-order valence-corrected chi connectivity index (χ0v) is 35.4. The van der Waals surface area contributed by atoms with Crippen molar-refractivity contribution in [1.82, 2.24) is 0 Å². The molecule has 1 aliphatic rings. The van der Waals surface area contributed by atoms with Gasteiger partial charge in [-0.3, -0.25) is 0 Å². The second-order valence-corrected chi connectivity index (χ2v) is 61.0. The molecule has 1 heterocycles. The van der Waals surface area contributed by atoms with E-state index in [1.807, 2.05) is 0 Å². The van der Waals surface area contributed by atoms with Gasteiger partial charge in [-0.25, -0.2) is 0 Å². The van der Waals surface area contributed by atoms with Crippen LogP contribution in [0.15, 0.2) is 0 Å². The quantitative estimate of drug-likeness (QED) is 0.217. The summed E-state index contributed by atoms with van der Waals surface area (Å²) < 4.78 is 0. The van der Waals surface area contributed by atoms with Crippen molar-refractivity contribution in [1.29, 1.82) is 0 Å². The molecular weight excluding hydrogens is 675 g/mol. The molecule has 0 N–H and O–H groups in total. The van der Waals surface area contributed by atoms with E-state index in [1.165, 1.54) is 51.4 Å². The number of hydrogen-bond acceptors (Lipinski definition) is 0. The molecule has 0 saturated carbocycles. The van der Waals surface area contributed by atoms with E-state index in [0.717, 1.165) is 0 Å². The van der Waals surface area contributed by atoms with Gasteiger partial charge in [-0.05, 0) is 0 Å². The molecule has 0 bridgehead atoms. The van der Waals surface area contributed by atoms with E-state index in [2.05, 4.69) is 46.0 Å². The van der Waals surface area contributed by atoms with Gasteiger partial charge in [0.2, 0.25) is 0 Å². The molecule has 1 saturated heterocycles. The van der Waals surface area contributed by atoms with Crippen LogP contribution in [0.4, 0.5) is 0 Å². The Bertz CT molecular complexity index is 402. The first-order chi connectivity index (χ1) is 16.8. The fraction of sp³-hybridized carbons (Fsp3) is 1.00. The summed E-state index contributed by atoms with van der Waals surface area (Å²) in [5.41, 5.74) is 0. The first-order valence-electron chi connectivity index (χ1n) is 16.8. The summed E-state index contributed by atoms with van der Waals surface area (Å²) in [5.74, 6) is 21.9. The molecule has 0 unspecified atom stereocenters. The van der Waals surface area contributed by atoms with E-state index in [1.54, 1.807) is 93.4 Å². The van der Waals surface area contributed by atoms with Crippen LogP contribution in [0.3, 0.4) is 0 Å². The molecule has 0 aliphatic carbocycles. The van der Waals surface area contributed by atoms with Gasteiger partial charge in [-0.15, -0.1) is 0 Å². The maximum atomic E-state index is 2.74. The van der Waals surface area contributed by atoms with E-state index >= 15 is 0 Å². The van der Waals surface area contributed by atoms with Crippen LogP contribution < -0.4 is 0 Å². The Hall–Kier alpha value is 2.17. The molecule has 0 atom stereocenters. The molecule has 0 aromatic carbocycles. The fourth-order valence-electron chi connectivity index (χ4n) is 6.74. The predicted octanol–water partition coefficient (Wildman–Crippen LogP) is 13.1. The zero-order chi connectivity index (χ0) is 27.0. The Labute approximate surface area is 241 Å². The molecule has 36 heavy (non-hydrogen) atoms. The molecule has 1 aliphatic heterocycles. The molecule has 0 aromatic rings. The monoisotopic (exact) mass is 752 g/mol. The molecule has 0 spiro atoms. The van der Waals surface area contributed by atoms with Crippen LogP contribution in [-0.4, -0.2) is 53.1 Å². The molecule has 0 amide bonds. The third-order valence-corrected chi connectivity index (χ3v) is 38.5. The van der Waals surface area contributed by atoms with Crippen LogP contribution in [-0.2, 0) is 0 Å². The van der Waals surface area contributed by atoms with E-state index in [4.69, 9.17) is 0 Å². The van der Waals surface area contributed by atoms with Crippen molar-refractivity contribution >= 4 is 53.1 Å². The normalized spacial score (nSPS) is 27.3. The molecule has 216 valence electrons. The Balaban J connectivity index is 2.46. The van der Waals surface area contributed by atoms with Gasteiger partial charge in [-0.2, -0.15) is 0 Å². The topological polar surface area (TPSA) is 0 Å². The first kappa shape index (κ1) is 36.2. The molecule has 4 heteroatoms. The summed E-state index contributed by atoms with van der Waals surface area (Å²) in [6.07, 6.45) is 24.8. The number of rotatable bonds is 0. The molecule has 0 aromatic heterocycles. The minimum atomic E-state index is -1.46. The standard InChI is InChI=1S/C32H72Ge4/c1-33(2)25-17-9-11-19-27-34(3,4)29-21-13-15-23-31-36(7,8)32-24-16-14-22-30-35(5,6)28-20-12-10-18-26-33/h9-32H2,1-8H3. The molecule has 1 fully saturated rings. The Morgan fingerprint density at radius 1 is 0.194 bits per heavy atom. The maximum absolute atomic E-state index is 2.74.